The molecule has 1 heterocycles. The molecule has 0 aliphatic carbocycles. The molecule has 0 radical (unpaired) electrons. The summed E-state index contributed by atoms with van der Waals surface area (Å²) in [5.41, 5.74) is 1.21. The van der Waals surface area contributed by atoms with Gasteiger partial charge in [-0.05, 0) is 24.6 Å². The Morgan fingerprint density at radius 2 is 1.93 bits per heavy atom. The maximum Gasteiger partial charge on any atom is 0.144 e. The second-order valence-electron chi connectivity index (χ2n) is 3.38. The van der Waals surface area contributed by atoms with E-state index in [1.54, 1.807) is 12.5 Å². The van der Waals surface area contributed by atoms with Crippen molar-refractivity contribution in [1.82, 2.24) is 0 Å². The third-order valence-corrected chi connectivity index (χ3v) is 2.25. The lowest BCUT2D eigenvalue weighted by molar-refractivity contribution is 0.559. The van der Waals surface area contributed by atoms with E-state index in [1.165, 1.54) is 5.56 Å². The molecule has 1 aromatic heterocycles. The summed E-state index contributed by atoms with van der Waals surface area (Å²) in [5, 5.41) is 0. The lowest BCUT2D eigenvalue weighted by Gasteiger charge is -2.04. The number of nitrogens with zero attached hydrogens (tertiary/aromatic N) is 1. The van der Waals surface area contributed by atoms with E-state index in [0.717, 1.165) is 5.76 Å². The molecule has 0 fully saturated rings. The van der Waals surface area contributed by atoms with Crippen LogP contribution in [0.25, 0.3) is 0 Å². The molecule has 0 aliphatic rings. The Kier molecular flexibility index (Phi) is 2.98. The van der Waals surface area contributed by atoms with Gasteiger partial charge in [-0.15, -0.1) is 0 Å². The van der Waals surface area contributed by atoms with Gasteiger partial charge in [-0.3, -0.25) is 4.99 Å². The van der Waals surface area contributed by atoms with Gasteiger partial charge in [-0.25, -0.2) is 0 Å². The molecule has 2 heteroatoms. The van der Waals surface area contributed by atoms with E-state index < -0.39 is 0 Å². The van der Waals surface area contributed by atoms with Crippen LogP contribution in [0.2, 0.25) is 0 Å². The van der Waals surface area contributed by atoms with Crippen molar-refractivity contribution in [3.8, 4) is 0 Å². The Balaban J connectivity index is 2.07. The van der Waals surface area contributed by atoms with Crippen molar-refractivity contribution >= 4 is 6.21 Å². The van der Waals surface area contributed by atoms with Gasteiger partial charge < -0.3 is 4.42 Å². The quantitative estimate of drug-likeness (QED) is 0.695. The Labute approximate surface area is 89.3 Å². The topological polar surface area (TPSA) is 25.5 Å². The molecule has 2 aromatic rings. The average Bonchev–Trinajstić information content (AvgIpc) is 2.80. The largest absolute Gasteiger partial charge is 0.463 e. The predicted octanol–water partition coefficient (Wildman–Crippen LogP) is 3.46. The van der Waals surface area contributed by atoms with E-state index in [9.17, 15) is 0 Å². The third-order valence-electron chi connectivity index (χ3n) is 2.25. The summed E-state index contributed by atoms with van der Waals surface area (Å²) in [7, 11) is 0. The number of hydrogen-bond donors (Lipinski definition) is 0. The summed E-state index contributed by atoms with van der Waals surface area (Å²) in [5.74, 6) is 0.790. The summed E-state index contributed by atoms with van der Waals surface area (Å²) in [4.78, 5) is 4.42. The summed E-state index contributed by atoms with van der Waals surface area (Å²) in [6, 6.07) is 14.1. The number of rotatable bonds is 3. The van der Waals surface area contributed by atoms with E-state index in [4.69, 9.17) is 4.42 Å². The second-order valence-corrected chi connectivity index (χ2v) is 3.38. The third kappa shape index (κ3) is 2.56. The fourth-order valence-corrected chi connectivity index (χ4v) is 1.37. The fraction of sp³-hybridized carbons (Fsp3) is 0.154. The minimum absolute atomic E-state index is 0.163. The highest BCUT2D eigenvalue weighted by atomic mass is 16.3. The first-order valence-electron chi connectivity index (χ1n) is 4.98. The van der Waals surface area contributed by atoms with Crippen LogP contribution in [-0.2, 0) is 0 Å². The van der Waals surface area contributed by atoms with Crippen molar-refractivity contribution in [3.63, 3.8) is 0 Å². The summed E-state index contributed by atoms with van der Waals surface area (Å²) >= 11 is 0. The van der Waals surface area contributed by atoms with E-state index in [0.29, 0.717) is 0 Å². The Morgan fingerprint density at radius 1 is 1.13 bits per heavy atom. The van der Waals surface area contributed by atoms with Gasteiger partial charge in [0.15, 0.2) is 0 Å². The second kappa shape index (κ2) is 4.60. The minimum Gasteiger partial charge on any atom is -0.463 e. The van der Waals surface area contributed by atoms with Crippen LogP contribution in [0.3, 0.4) is 0 Å². The zero-order valence-electron chi connectivity index (χ0n) is 8.63. The fourth-order valence-electron chi connectivity index (χ4n) is 1.37. The molecule has 0 amide bonds. The molecule has 76 valence electrons. The molecule has 1 atom stereocenters. The van der Waals surface area contributed by atoms with Crippen LogP contribution in [-0.4, -0.2) is 6.21 Å². The molecular weight excluding hydrogens is 186 g/mol. The zero-order chi connectivity index (χ0) is 10.5. The van der Waals surface area contributed by atoms with Crippen molar-refractivity contribution in [2.75, 3.05) is 0 Å². The smallest absolute Gasteiger partial charge is 0.144 e. The van der Waals surface area contributed by atoms with Crippen LogP contribution in [0.5, 0.6) is 0 Å². The van der Waals surface area contributed by atoms with Gasteiger partial charge in [-0.2, -0.15) is 0 Å². The normalized spacial score (nSPS) is 13.1. The van der Waals surface area contributed by atoms with Crippen LogP contribution < -0.4 is 0 Å². The molecule has 0 saturated heterocycles. The lowest BCUT2D eigenvalue weighted by atomic mass is 10.1. The number of benzene rings is 1. The van der Waals surface area contributed by atoms with Gasteiger partial charge in [0, 0.05) is 0 Å². The molecule has 0 saturated carbocycles. The molecule has 0 N–H and O–H groups in total. The molecule has 2 nitrogen and oxygen atoms in total. The molecule has 0 spiro atoms. The van der Waals surface area contributed by atoms with Crippen LogP contribution in [0, 0.1) is 0 Å². The van der Waals surface area contributed by atoms with Crippen LogP contribution >= 0.6 is 0 Å². The van der Waals surface area contributed by atoms with E-state index in [2.05, 4.69) is 24.0 Å². The summed E-state index contributed by atoms with van der Waals surface area (Å²) in [6.07, 6.45) is 3.41. The highest BCUT2D eigenvalue weighted by Gasteiger charge is 2.00. The van der Waals surface area contributed by atoms with Gasteiger partial charge in [0.2, 0.25) is 0 Å². The maximum atomic E-state index is 5.17. The van der Waals surface area contributed by atoms with E-state index in [1.807, 2.05) is 30.3 Å². The molecule has 1 aromatic carbocycles. The first-order chi connectivity index (χ1) is 7.36. The van der Waals surface area contributed by atoms with E-state index >= 15 is 0 Å². The minimum atomic E-state index is 0.163. The van der Waals surface area contributed by atoms with Gasteiger partial charge in [0.1, 0.15) is 5.76 Å². The molecule has 0 bridgehead atoms. The van der Waals surface area contributed by atoms with E-state index in [-0.39, 0.29) is 6.04 Å². The van der Waals surface area contributed by atoms with Crippen LogP contribution in [0.15, 0.2) is 58.1 Å². The summed E-state index contributed by atoms with van der Waals surface area (Å²) in [6.45, 7) is 2.06. The van der Waals surface area contributed by atoms with Gasteiger partial charge >= 0.3 is 0 Å². The average molecular weight is 199 g/mol. The highest BCUT2D eigenvalue weighted by Crippen LogP contribution is 2.15. The standard InChI is InChI=1S/C13H13NO/c1-11(12-6-3-2-4-7-12)14-10-13-8-5-9-15-13/h2-11H,1H3/t11-/m0/s1. The van der Waals surface area contributed by atoms with Crippen molar-refractivity contribution in [2.24, 2.45) is 4.99 Å². The highest BCUT2D eigenvalue weighted by molar-refractivity contribution is 5.75. The van der Waals surface area contributed by atoms with Crippen molar-refractivity contribution in [2.45, 2.75) is 13.0 Å². The number of hydrogen-bond acceptors (Lipinski definition) is 2. The van der Waals surface area contributed by atoms with Gasteiger partial charge in [0.25, 0.3) is 0 Å². The van der Waals surface area contributed by atoms with Crippen molar-refractivity contribution in [1.29, 1.82) is 0 Å². The first-order valence-corrected chi connectivity index (χ1v) is 4.98. The Morgan fingerprint density at radius 3 is 2.60 bits per heavy atom. The molecule has 15 heavy (non-hydrogen) atoms. The molecule has 0 unspecified atom stereocenters. The molecule has 2 rings (SSSR count). The van der Waals surface area contributed by atoms with Crippen LogP contribution in [0.4, 0.5) is 0 Å². The number of furan rings is 1. The SMILES string of the molecule is C[C@H](N=Cc1ccco1)c1ccccc1. The van der Waals surface area contributed by atoms with Crippen LogP contribution in [0.1, 0.15) is 24.3 Å². The number of aliphatic imine (C=N–C) groups is 1. The lowest BCUT2D eigenvalue weighted by Crippen LogP contribution is -1.89. The molecule has 0 aliphatic heterocycles. The molecular formula is C13H13NO. The first kappa shape index (κ1) is 9.71. The maximum absolute atomic E-state index is 5.17. The predicted molar refractivity (Wildman–Crippen MR) is 61.2 cm³/mol. The van der Waals surface area contributed by atoms with Crippen molar-refractivity contribution in [3.05, 3.63) is 60.1 Å². The zero-order valence-corrected chi connectivity index (χ0v) is 8.63. The van der Waals surface area contributed by atoms with Gasteiger partial charge in [-0.1, -0.05) is 30.3 Å². The monoisotopic (exact) mass is 199 g/mol. The van der Waals surface area contributed by atoms with Gasteiger partial charge in [0.05, 0.1) is 18.5 Å². The van der Waals surface area contributed by atoms with Crippen molar-refractivity contribution < 1.29 is 4.42 Å². The Bertz CT molecular complexity index is 417. The Hall–Kier alpha value is -1.83. The summed E-state index contributed by atoms with van der Waals surface area (Å²) < 4.78 is 5.17.